The summed E-state index contributed by atoms with van der Waals surface area (Å²) in [4.78, 5) is 11.9. The van der Waals surface area contributed by atoms with Crippen LogP contribution in [0.4, 0.5) is 15.8 Å². The van der Waals surface area contributed by atoms with Gasteiger partial charge in [0, 0.05) is 16.9 Å². The average Bonchev–Trinajstić information content (AvgIpc) is 2.34. The number of nitrogens with one attached hydrogen (secondary N) is 1. The third-order valence-electron chi connectivity index (χ3n) is 2.62. The zero-order valence-electron chi connectivity index (χ0n) is 9.91. The number of benzene rings is 2. The molecule has 18 heavy (non-hydrogen) atoms. The fourth-order valence-corrected chi connectivity index (χ4v) is 1.56. The quantitative estimate of drug-likeness (QED) is 0.798. The Hall–Kier alpha value is -2.36. The second kappa shape index (κ2) is 4.87. The minimum Gasteiger partial charge on any atom is -0.399 e. The second-order valence-corrected chi connectivity index (χ2v) is 4.04. The molecule has 2 rings (SSSR count). The third-order valence-corrected chi connectivity index (χ3v) is 2.62. The average molecular weight is 244 g/mol. The van der Waals surface area contributed by atoms with Crippen molar-refractivity contribution >= 4 is 17.3 Å². The minimum absolute atomic E-state index is 0.288. The highest BCUT2D eigenvalue weighted by atomic mass is 19.1. The number of halogens is 1. The van der Waals surface area contributed by atoms with E-state index in [1.807, 2.05) is 0 Å². The smallest absolute Gasteiger partial charge is 0.255 e. The summed E-state index contributed by atoms with van der Waals surface area (Å²) >= 11 is 0. The summed E-state index contributed by atoms with van der Waals surface area (Å²) in [6.07, 6.45) is 0. The van der Waals surface area contributed by atoms with Gasteiger partial charge in [0.1, 0.15) is 5.82 Å². The van der Waals surface area contributed by atoms with E-state index in [0.29, 0.717) is 16.9 Å². The molecule has 0 aliphatic carbocycles. The number of aryl methyl sites for hydroxylation is 1. The van der Waals surface area contributed by atoms with Gasteiger partial charge >= 0.3 is 0 Å². The molecule has 0 bridgehead atoms. The van der Waals surface area contributed by atoms with Crippen LogP contribution in [0.15, 0.2) is 42.5 Å². The summed E-state index contributed by atoms with van der Waals surface area (Å²) in [6.45, 7) is 1.80. The molecule has 4 heteroatoms. The number of amides is 1. The van der Waals surface area contributed by atoms with Crippen LogP contribution in [0.3, 0.4) is 0 Å². The number of hydrogen-bond donors (Lipinski definition) is 2. The van der Waals surface area contributed by atoms with Crippen molar-refractivity contribution in [2.45, 2.75) is 6.92 Å². The topological polar surface area (TPSA) is 55.1 Å². The number of carbonyl (C=O) groups excluding carboxylic acids is 1. The number of carbonyl (C=O) groups is 1. The molecule has 0 saturated carbocycles. The van der Waals surface area contributed by atoms with Crippen LogP contribution in [0.5, 0.6) is 0 Å². The molecule has 0 saturated heterocycles. The highest BCUT2D eigenvalue weighted by Gasteiger charge is 2.08. The van der Waals surface area contributed by atoms with Crippen LogP contribution in [0.25, 0.3) is 0 Å². The van der Waals surface area contributed by atoms with E-state index >= 15 is 0 Å². The van der Waals surface area contributed by atoms with Gasteiger partial charge in [0.2, 0.25) is 0 Å². The summed E-state index contributed by atoms with van der Waals surface area (Å²) in [5, 5.41) is 2.67. The summed E-state index contributed by atoms with van der Waals surface area (Å²) in [6, 6.07) is 10.8. The number of nitrogens with two attached hydrogens (primary N) is 1. The van der Waals surface area contributed by atoms with Gasteiger partial charge in [0.05, 0.1) is 0 Å². The molecule has 0 unspecified atom stereocenters. The van der Waals surface area contributed by atoms with E-state index in [9.17, 15) is 9.18 Å². The van der Waals surface area contributed by atoms with Gasteiger partial charge in [-0.25, -0.2) is 4.39 Å². The summed E-state index contributed by atoms with van der Waals surface area (Å²) < 4.78 is 13.1. The Morgan fingerprint density at radius 3 is 2.50 bits per heavy atom. The molecule has 3 nitrogen and oxygen atoms in total. The van der Waals surface area contributed by atoms with E-state index < -0.39 is 0 Å². The fourth-order valence-electron chi connectivity index (χ4n) is 1.56. The highest BCUT2D eigenvalue weighted by Crippen LogP contribution is 2.17. The van der Waals surface area contributed by atoms with E-state index in [2.05, 4.69) is 5.32 Å². The van der Waals surface area contributed by atoms with Gasteiger partial charge in [-0.2, -0.15) is 0 Å². The van der Waals surface area contributed by atoms with Crippen molar-refractivity contribution in [3.8, 4) is 0 Å². The van der Waals surface area contributed by atoms with Crippen LogP contribution in [-0.2, 0) is 0 Å². The van der Waals surface area contributed by atoms with Crippen molar-refractivity contribution in [1.29, 1.82) is 0 Å². The predicted molar refractivity (Wildman–Crippen MR) is 69.9 cm³/mol. The molecular weight excluding hydrogens is 231 g/mol. The van der Waals surface area contributed by atoms with Crippen LogP contribution in [0, 0.1) is 12.7 Å². The van der Waals surface area contributed by atoms with Crippen molar-refractivity contribution in [3.63, 3.8) is 0 Å². The lowest BCUT2D eigenvalue weighted by Gasteiger charge is -2.08. The number of nitrogen functional groups attached to an aromatic ring is 1. The Labute approximate surface area is 104 Å². The van der Waals surface area contributed by atoms with Crippen molar-refractivity contribution in [2.24, 2.45) is 0 Å². The molecule has 1 amide bonds. The molecule has 0 aliphatic rings. The van der Waals surface area contributed by atoms with E-state index in [1.54, 1.807) is 37.3 Å². The lowest BCUT2D eigenvalue weighted by Crippen LogP contribution is -2.12. The molecule has 92 valence electrons. The summed E-state index contributed by atoms with van der Waals surface area (Å²) in [7, 11) is 0. The van der Waals surface area contributed by atoms with Gasteiger partial charge in [0.15, 0.2) is 0 Å². The van der Waals surface area contributed by atoms with Crippen molar-refractivity contribution in [1.82, 2.24) is 0 Å². The molecule has 0 spiro atoms. The maximum Gasteiger partial charge on any atom is 0.255 e. The van der Waals surface area contributed by atoms with Crippen molar-refractivity contribution in [3.05, 3.63) is 59.4 Å². The molecule has 3 N–H and O–H groups in total. The van der Waals surface area contributed by atoms with Gasteiger partial charge in [-0.1, -0.05) is 6.07 Å². The van der Waals surface area contributed by atoms with Crippen molar-refractivity contribution in [2.75, 3.05) is 11.1 Å². The summed E-state index contributed by atoms with van der Waals surface area (Å²) in [5.74, 6) is -0.670. The molecule has 0 heterocycles. The maximum atomic E-state index is 13.1. The van der Waals surface area contributed by atoms with E-state index in [-0.39, 0.29) is 11.7 Å². The van der Waals surface area contributed by atoms with E-state index in [0.717, 1.165) is 5.56 Å². The molecular formula is C14H13FN2O. The molecule has 0 aromatic heterocycles. The Morgan fingerprint density at radius 2 is 1.83 bits per heavy atom. The maximum absolute atomic E-state index is 13.1. The van der Waals surface area contributed by atoms with Crippen molar-refractivity contribution < 1.29 is 9.18 Å². The first kappa shape index (κ1) is 12.1. The summed E-state index contributed by atoms with van der Waals surface area (Å²) in [5.41, 5.74) is 7.89. The zero-order chi connectivity index (χ0) is 13.1. The minimum atomic E-state index is -0.381. The van der Waals surface area contributed by atoms with Gasteiger partial charge in [-0.3, -0.25) is 4.79 Å². The van der Waals surface area contributed by atoms with E-state index in [1.165, 1.54) is 12.1 Å². The molecule has 0 fully saturated rings. The third kappa shape index (κ3) is 2.66. The first-order valence-electron chi connectivity index (χ1n) is 5.49. The van der Waals surface area contributed by atoms with Crippen LogP contribution in [0.1, 0.15) is 15.9 Å². The van der Waals surface area contributed by atoms with Crippen LogP contribution in [0.2, 0.25) is 0 Å². The standard InChI is InChI=1S/C14H13FN2O/c1-9-2-5-11(15)8-13(9)17-14(18)10-3-6-12(16)7-4-10/h2-8H,16H2,1H3,(H,17,18). The Balaban J connectivity index is 2.21. The second-order valence-electron chi connectivity index (χ2n) is 4.04. The first-order chi connectivity index (χ1) is 8.56. The fraction of sp³-hybridized carbons (Fsp3) is 0.0714. The van der Waals surface area contributed by atoms with Gasteiger partial charge in [-0.15, -0.1) is 0 Å². The van der Waals surface area contributed by atoms with Crippen LogP contribution < -0.4 is 11.1 Å². The normalized spacial score (nSPS) is 10.1. The lowest BCUT2D eigenvalue weighted by molar-refractivity contribution is 0.102. The first-order valence-corrected chi connectivity index (χ1v) is 5.49. The van der Waals surface area contributed by atoms with Crippen LogP contribution >= 0.6 is 0 Å². The Bertz CT molecular complexity index is 579. The monoisotopic (exact) mass is 244 g/mol. The predicted octanol–water partition coefficient (Wildman–Crippen LogP) is 2.97. The zero-order valence-corrected chi connectivity index (χ0v) is 9.91. The molecule has 2 aromatic carbocycles. The number of hydrogen-bond acceptors (Lipinski definition) is 2. The largest absolute Gasteiger partial charge is 0.399 e. The van der Waals surface area contributed by atoms with Gasteiger partial charge in [-0.05, 0) is 48.9 Å². The lowest BCUT2D eigenvalue weighted by atomic mass is 10.1. The number of anilines is 2. The molecule has 0 radical (unpaired) electrons. The number of rotatable bonds is 2. The SMILES string of the molecule is Cc1ccc(F)cc1NC(=O)c1ccc(N)cc1. The van der Waals surface area contributed by atoms with Gasteiger partial charge < -0.3 is 11.1 Å². The Kier molecular flexibility index (Phi) is 3.28. The molecule has 0 aliphatic heterocycles. The molecule has 2 aromatic rings. The molecule has 0 atom stereocenters. The van der Waals surface area contributed by atoms with E-state index in [4.69, 9.17) is 5.73 Å². The highest BCUT2D eigenvalue weighted by molar-refractivity contribution is 6.04. The Morgan fingerprint density at radius 1 is 1.17 bits per heavy atom. The van der Waals surface area contributed by atoms with Crippen LogP contribution in [-0.4, -0.2) is 5.91 Å². The van der Waals surface area contributed by atoms with Gasteiger partial charge in [0.25, 0.3) is 5.91 Å².